The van der Waals surface area contributed by atoms with E-state index in [1.165, 1.54) is 6.92 Å². The van der Waals surface area contributed by atoms with Crippen molar-refractivity contribution in [1.82, 2.24) is 4.98 Å². The van der Waals surface area contributed by atoms with Crippen molar-refractivity contribution in [3.05, 3.63) is 59.1 Å². The first kappa shape index (κ1) is 18.2. The highest BCUT2D eigenvalue weighted by atomic mass is 32.1. The average molecular weight is 368 g/mol. The zero-order valence-corrected chi connectivity index (χ0v) is 15.9. The Morgan fingerprint density at radius 3 is 2.69 bits per heavy atom. The number of anilines is 1. The minimum absolute atomic E-state index is 0.0206. The smallest absolute Gasteiger partial charge is 0.282 e. The van der Waals surface area contributed by atoms with Crippen LogP contribution in [0.1, 0.15) is 29.2 Å². The van der Waals surface area contributed by atoms with Gasteiger partial charge in [0.1, 0.15) is 11.6 Å². The molecule has 0 radical (unpaired) electrons. The Morgan fingerprint density at radius 2 is 1.96 bits per heavy atom. The highest BCUT2D eigenvalue weighted by Crippen LogP contribution is 2.20. The Hall–Kier alpha value is -2.57. The summed E-state index contributed by atoms with van der Waals surface area (Å²) in [6, 6.07) is 14.8. The third kappa shape index (κ3) is 4.15. The van der Waals surface area contributed by atoms with Crippen molar-refractivity contribution in [2.45, 2.75) is 26.4 Å². The van der Waals surface area contributed by atoms with Gasteiger partial charge < -0.3 is 10.2 Å². The lowest BCUT2D eigenvalue weighted by molar-refractivity contribution is -0.907. The monoisotopic (exact) mass is 368 g/mol. The summed E-state index contributed by atoms with van der Waals surface area (Å²) >= 11 is 1.66. The molecule has 6 heteroatoms. The van der Waals surface area contributed by atoms with Gasteiger partial charge in [-0.3, -0.25) is 9.59 Å². The first-order chi connectivity index (χ1) is 12.4. The Labute approximate surface area is 156 Å². The first-order valence-corrected chi connectivity index (χ1v) is 9.34. The van der Waals surface area contributed by atoms with Crippen LogP contribution in [-0.4, -0.2) is 29.8 Å². The molecule has 0 saturated carbocycles. The molecule has 0 aliphatic carbocycles. The number of fused-ring (bicyclic) bond motifs is 1. The van der Waals surface area contributed by atoms with E-state index in [2.05, 4.69) is 16.4 Å². The highest BCUT2D eigenvalue weighted by molar-refractivity contribution is 7.18. The van der Waals surface area contributed by atoms with Crippen LogP contribution in [0, 0.1) is 0 Å². The maximum atomic E-state index is 12.6. The van der Waals surface area contributed by atoms with Crippen LogP contribution in [0.3, 0.4) is 0 Å². The zero-order valence-electron chi connectivity index (χ0n) is 15.1. The molecule has 0 aliphatic rings. The van der Waals surface area contributed by atoms with Gasteiger partial charge in [0.2, 0.25) is 0 Å². The molecule has 1 aromatic heterocycles. The molecule has 26 heavy (non-hydrogen) atoms. The Morgan fingerprint density at radius 1 is 1.19 bits per heavy atom. The number of likely N-dealkylation sites (N-methyl/N-ethyl adjacent to an activating group) is 1. The predicted octanol–water partition coefficient (Wildman–Crippen LogP) is 2.54. The number of amides is 1. The van der Waals surface area contributed by atoms with Crippen molar-refractivity contribution in [3.8, 4) is 0 Å². The largest absolute Gasteiger partial charge is 0.322 e. The van der Waals surface area contributed by atoms with E-state index in [1.807, 2.05) is 32.2 Å². The molecule has 1 unspecified atom stereocenters. The van der Waals surface area contributed by atoms with Crippen molar-refractivity contribution in [3.63, 3.8) is 0 Å². The third-order valence-corrected chi connectivity index (χ3v) is 5.47. The summed E-state index contributed by atoms with van der Waals surface area (Å²) in [5, 5.41) is 3.92. The van der Waals surface area contributed by atoms with Gasteiger partial charge in [-0.2, -0.15) is 0 Å². The number of carbonyl (C=O) groups excluding carboxylic acids is 2. The Balaban J connectivity index is 1.65. The van der Waals surface area contributed by atoms with Gasteiger partial charge in [-0.05, 0) is 38.1 Å². The number of para-hydroxylation sites is 1. The number of quaternary nitrogens is 1. The molecule has 0 aliphatic heterocycles. The number of ketones is 1. The summed E-state index contributed by atoms with van der Waals surface area (Å²) in [6.07, 6.45) is 0. The molecule has 0 bridgehead atoms. The van der Waals surface area contributed by atoms with Gasteiger partial charge in [0.15, 0.2) is 11.8 Å². The van der Waals surface area contributed by atoms with Crippen molar-refractivity contribution < 1.29 is 14.5 Å². The lowest BCUT2D eigenvalue weighted by Gasteiger charge is -2.20. The van der Waals surface area contributed by atoms with E-state index in [9.17, 15) is 9.59 Å². The maximum Gasteiger partial charge on any atom is 0.282 e. The lowest BCUT2D eigenvalue weighted by atomic mass is 10.1. The van der Waals surface area contributed by atoms with Crippen LogP contribution < -0.4 is 10.2 Å². The fraction of sp³-hybridized carbons (Fsp3) is 0.250. The Kier molecular flexibility index (Phi) is 5.44. The van der Waals surface area contributed by atoms with Crippen LogP contribution in [0.5, 0.6) is 0 Å². The number of thiazole rings is 1. The van der Waals surface area contributed by atoms with Gasteiger partial charge in [-0.25, -0.2) is 4.98 Å². The molecule has 0 saturated heterocycles. The number of aromatic nitrogens is 1. The van der Waals surface area contributed by atoms with Gasteiger partial charge in [-0.15, -0.1) is 11.3 Å². The molecule has 1 heterocycles. The molecule has 3 rings (SSSR count). The summed E-state index contributed by atoms with van der Waals surface area (Å²) in [5.74, 6) is -0.1000. The van der Waals surface area contributed by atoms with E-state index >= 15 is 0 Å². The maximum absolute atomic E-state index is 12.6. The minimum atomic E-state index is -0.247. The van der Waals surface area contributed by atoms with E-state index in [4.69, 9.17) is 0 Å². The van der Waals surface area contributed by atoms with Gasteiger partial charge in [0.25, 0.3) is 5.91 Å². The molecule has 134 valence electrons. The Bertz CT molecular complexity index is 918. The average Bonchev–Trinajstić information content (AvgIpc) is 3.03. The number of carbonyl (C=O) groups is 2. The van der Waals surface area contributed by atoms with Crippen LogP contribution in [-0.2, 0) is 11.3 Å². The summed E-state index contributed by atoms with van der Waals surface area (Å²) in [7, 11) is 1.99. The van der Waals surface area contributed by atoms with E-state index in [0.29, 0.717) is 17.8 Å². The van der Waals surface area contributed by atoms with E-state index in [1.54, 1.807) is 35.6 Å². The SMILES string of the molecule is CC(=O)c1cccc(NC(=O)[C@@H](C)[NH+](C)Cc2nc3ccccc3s2)c1. The summed E-state index contributed by atoms with van der Waals surface area (Å²) < 4.78 is 1.16. The molecular weight excluding hydrogens is 346 g/mol. The number of Topliss-reactive ketones (excluding diaryl/α,β-unsaturated/α-hetero) is 1. The summed E-state index contributed by atoms with van der Waals surface area (Å²) in [4.78, 5) is 29.7. The highest BCUT2D eigenvalue weighted by Gasteiger charge is 2.23. The molecule has 3 aromatic rings. The minimum Gasteiger partial charge on any atom is -0.322 e. The fourth-order valence-corrected chi connectivity index (χ4v) is 3.74. The molecule has 2 N–H and O–H groups in total. The first-order valence-electron chi connectivity index (χ1n) is 8.52. The second-order valence-corrected chi connectivity index (χ2v) is 7.56. The van der Waals surface area contributed by atoms with Gasteiger partial charge in [-0.1, -0.05) is 24.3 Å². The second kappa shape index (κ2) is 7.76. The third-order valence-electron chi connectivity index (χ3n) is 4.44. The number of nitrogens with one attached hydrogen (secondary N) is 2. The van der Waals surface area contributed by atoms with E-state index < -0.39 is 0 Å². The molecular formula is C20H22N3O2S+. The molecule has 2 aromatic carbocycles. The normalized spacial score (nSPS) is 13.3. The number of nitrogens with zero attached hydrogens (tertiary/aromatic N) is 1. The predicted molar refractivity (Wildman–Crippen MR) is 105 cm³/mol. The topological polar surface area (TPSA) is 63.5 Å². The van der Waals surface area contributed by atoms with E-state index in [0.717, 1.165) is 20.1 Å². The number of hydrogen-bond acceptors (Lipinski definition) is 4. The molecule has 1 amide bonds. The molecule has 0 spiro atoms. The molecule has 0 fully saturated rings. The van der Waals surface area contributed by atoms with Crippen molar-refractivity contribution >= 4 is 38.9 Å². The van der Waals surface area contributed by atoms with Crippen molar-refractivity contribution in [1.29, 1.82) is 0 Å². The van der Waals surface area contributed by atoms with Gasteiger partial charge >= 0.3 is 0 Å². The standard InChI is InChI=1S/C20H21N3O2S/c1-13(20(25)21-16-8-6-7-15(11-16)14(2)24)23(3)12-19-22-17-9-4-5-10-18(17)26-19/h4-11,13H,12H2,1-3H3,(H,21,25)/p+1/t13-/m1/s1. The quantitative estimate of drug-likeness (QED) is 0.657. The lowest BCUT2D eigenvalue weighted by Crippen LogP contribution is -3.12. The van der Waals surface area contributed by atoms with Crippen molar-refractivity contribution in [2.75, 3.05) is 12.4 Å². The zero-order chi connectivity index (χ0) is 18.7. The van der Waals surface area contributed by atoms with Gasteiger partial charge in [0, 0.05) is 11.3 Å². The molecule has 5 nitrogen and oxygen atoms in total. The van der Waals surface area contributed by atoms with Gasteiger partial charge in [0.05, 0.1) is 17.3 Å². The summed E-state index contributed by atoms with van der Waals surface area (Å²) in [6.45, 7) is 4.09. The van der Waals surface area contributed by atoms with Crippen molar-refractivity contribution in [2.24, 2.45) is 0 Å². The fourth-order valence-electron chi connectivity index (χ4n) is 2.68. The van der Waals surface area contributed by atoms with Crippen LogP contribution in [0.15, 0.2) is 48.5 Å². The van der Waals surface area contributed by atoms with Crippen LogP contribution in [0.2, 0.25) is 0 Å². The number of rotatable bonds is 6. The van der Waals surface area contributed by atoms with Crippen LogP contribution >= 0.6 is 11.3 Å². The van der Waals surface area contributed by atoms with E-state index in [-0.39, 0.29) is 17.7 Å². The second-order valence-electron chi connectivity index (χ2n) is 6.45. The number of hydrogen-bond donors (Lipinski definition) is 2. The summed E-state index contributed by atoms with van der Waals surface area (Å²) in [5.41, 5.74) is 2.23. The van der Waals surface area contributed by atoms with Crippen LogP contribution in [0.25, 0.3) is 10.2 Å². The number of benzene rings is 2. The van der Waals surface area contributed by atoms with Crippen LogP contribution in [0.4, 0.5) is 5.69 Å². The molecule has 2 atom stereocenters.